The molecule has 0 fully saturated rings. The van der Waals surface area contributed by atoms with Gasteiger partial charge in [0.05, 0.1) is 6.61 Å². The molecule has 0 amide bonds. The lowest BCUT2D eigenvalue weighted by Crippen LogP contribution is -2.06. The molecule has 44 valence electrons. The summed E-state index contributed by atoms with van der Waals surface area (Å²) in [6.45, 7) is 5.74. The summed E-state index contributed by atoms with van der Waals surface area (Å²) >= 11 is 0. The van der Waals surface area contributed by atoms with Crippen LogP contribution in [0.25, 0.3) is 0 Å². The van der Waals surface area contributed by atoms with Crippen molar-refractivity contribution in [2.45, 2.75) is 6.92 Å². The van der Waals surface area contributed by atoms with Gasteiger partial charge in [0.1, 0.15) is 0 Å². The molecule has 3 heteroatoms. The first kappa shape index (κ1) is 6.83. The van der Waals surface area contributed by atoms with Crippen LogP contribution in [0.1, 0.15) is 6.92 Å². The van der Waals surface area contributed by atoms with Gasteiger partial charge < -0.3 is 4.74 Å². The van der Waals surface area contributed by atoms with Crippen LogP contribution in [0.3, 0.4) is 0 Å². The molecule has 0 aliphatic carbocycles. The molecule has 0 aromatic rings. The predicted octanol–water partition coefficient (Wildman–Crippen LogP) is 0.565. The second kappa shape index (κ2) is 4.00. The molecule has 0 atom stereocenters. The summed E-state index contributed by atoms with van der Waals surface area (Å²) in [6.07, 6.45) is 1.68. The standard InChI is InChI=1S/C5H8N2O/c1-3-8-5(2)7-4-6/h7H,2-3H2,1H3. The number of rotatable bonds is 3. The van der Waals surface area contributed by atoms with E-state index in [1.807, 2.05) is 6.92 Å². The number of hydrogen-bond donors (Lipinski definition) is 1. The summed E-state index contributed by atoms with van der Waals surface area (Å²) in [5, 5.41) is 10.2. The maximum Gasteiger partial charge on any atom is 0.192 e. The molecule has 0 bridgehead atoms. The molecule has 0 heterocycles. The van der Waals surface area contributed by atoms with E-state index in [0.717, 1.165) is 0 Å². The number of nitrogens with zero attached hydrogens (tertiary/aromatic N) is 1. The summed E-state index contributed by atoms with van der Waals surface area (Å²) in [5.41, 5.74) is 0. The van der Waals surface area contributed by atoms with Gasteiger partial charge in [-0.2, -0.15) is 5.26 Å². The average molecular weight is 112 g/mol. The Morgan fingerprint density at radius 1 is 2.00 bits per heavy atom. The van der Waals surface area contributed by atoms with E-state index in [-0.39, 0.29) is 0 Å². The lowest BCUT2D eigenvalue weighted by Gasteiger charge is -2.00. The largest absolute Gasteiger partial charge is 0.479 e. The van der Waals surface area contributed by atoms with E-state index in [1.165, 1.54) is 0 Å². The van der Waals surface area contributed by atoms with Gasteiger partial charge >= 0.3 is 0 Å². The third-order valence-corrected chi connectivity index (χ3v) is 0.514. The zero-order chi connectivity index (χ0) is 6.41. The van der Waals surface area contributed by atoms with Gasteiger partial charge in [0.25, 0.3) is 0 Å². The Morgan fingerprint density at radius 2 is 2.62 bits per heavy atom. The smallest absolute Gasteiger partial charge is 0.192 e. The highest BCUT2D eigenvalue weighted by Crippen LogP contribution is 1.82. The van der Waals surface area contributed by atoms with Crippen LogP contribution in [0.15, 0.2) is 12.5 Å². The monoisotopic (exact) mass is 112 g/mol. The lowest BCUT2D eigenvalue weighted by molar-refractivity contribution is 0.217. The molecule has 0 aliphatic heterocycles. The third kappa shape index (κ3) is 3.04. The van der Waals surface area contributed by atoms with E-state index < -0.39 is 0 Å². The predicted molar refractivity (Wildman–Crippen MR) is 29.5 cm³/mol. The highest BCUT2D eigenvalue weighted by atomic mass is 16.5. The van der Waals surface area contributed by atoms with Gasteiger partial charge in [-0.15, -0.1) is 0 Å². The first-order valence-corrected chi connectivity index (χ1v) is 2.28. The number of nitriles is 1. The maximum absolute atomic E-state index is 7.96. The van der Waals surface area contributed by atoms with Gasteiger partial charge in [0.15, 0.2) is 12.1 Å². The van der Waals surface area contributed by atoms with Crippen LogP contribution in [0.2, 0.25) is 0 Å². The normalized spacial score (nSPS) is 7.00. The summed E-state index contributed by atoms with van der Waals surface area (Å²) in [7, 11) is 0. The SMILES string of the molecule is C=C(NC#N)OCC. The lowest BCUT2D eigenvalue weighted by atomic mass is 10.8. The number of ether oxygens (including phenoxy) is 1. The van der Waals surface area contributed by atoms with E-state index in [9.17, 15) is 0 Å². The van der Waals surface area contributed by atoms with Crippen molar-refractivity contribution in [3.63, 3.8) is 0 Å². The van der Waals surface area contributed by atoms with E-state index in [0.29, 0.717) is 12.5 Å². The zero-order valence-electron chi connectivity index (χ0n) is 4.77. The van der Waals surface area contributed by atoms with Crippen molar-refractivity contribution in [1.82, 2.24) is 5.32 Å². The summed E-state index contributed by atoms with van der Waals surface area (Å²) in [5.74, 6) is 0.301. The first-order chi connectivity index (χ1) is 3.81. The minimum atomic E-state index is 0.301. The Hall–Kier alpha value is -1.17. The molecule has 1 N–H and O–H groups in total. The van der Waals surface area contributed by atoms with Crippen LogP contribution in [0.5, 0.6) is 0 Å². The molecule has 0 radical (unpaired) electrons. The van der Waals surface area contributed by atoms with Crippen LogP contribution in [0.4, 0.5) is 0 Å². The zero-order valence-corrected chi connectivity index (χ0v) is 4.77. The van der Waals surface area contributed by atoms with Crippen molar-refractivity contribution in [2.75, 3.05) is 6.61 Å². The van der Waals surface area contributed by atoms with Gasteiger partial charge in [0.2, 0.25) is 0 Å². The molecule has 0 unspecified atom stereocenters. The quantitative estimate of drug-likeness (QED) is 0.329. The van der Waals surface area contributed by atoms with Gasteiger partial charge in [0, 0.05) is 0 Å². The first-order valence-electron chi connectivity index (χ1n) is 2.28. The molecule has 0 aliphatic rings. The van der Waals surface area contributed by atoms with Crippen molar-refractivity contribution in [3.05, 3.63) is 12.5 Å². The van der Waals surface area contributed by atoms with Crippen molar-refractivity contribution >= 4 is 0 Å². The van der Waals surface area contributed by atoms with Gasteiger partial charge in [-0.05, 0) is 13.5 Å². The average Bonchev–Trinajstić information content (AvgIpc) is 1.68. The molecule has 8 heavy (non-hydrogen) atoms. The fourth-order valence-electron chi connectivity index (χ4n) is 0.273. The second-order valence-electron chi connectivity index (χ2n) is 1.09. The molecular formula is C5H8N2O. The van der Waals surface area contributed by atoms with E-state index in [4.69, 9.17) is 10.00 Å². The minimum absolute atomic E-state index is 0.301. The van der Waals surface area contributed by atoms with E-state index >= 15 is 0 Å². The Morgan fingerprint density at radius 3 is 3.00 bits per heavy atom. The van der Waals surface area contributed by atoms with E-state index in [1.54, 1.807) is 6.19 Å². The van der Waals surface area contributed by atoms with Crippen LogP contribution in [-0.2, 0) is 4.74 Å². The Labute approximate surface area is 48.6 Å². The summed E-state index contributed by atoms with van der Waals surface area (Å²) in [6, 6.07) is 0. The molecular weight excluding hydrogens is 104 g/mol. The van der Waals surface area contributed by atoms with Crippen LogP contribution in [-0.4, -0.2) is 6.61 Å². The van der Waals surface area contributed by atoms with Crippen LogP contribution < -0.4 is 5.32 Å². The molecule has 0 aromatic carbocycles. The third-order valence-electron chi connectivity index (χ3n) is 0.514. The minimum Gasteiger partial charge on any atom is -0.479 e. The summed E-state index contributed by atoms with van der Waals surface area (Å²) in [4.78, 5) is 0. The fraction of sp³-hybridized carbons (Fsp3) is 0.400. The molecule has 0 saturated heterocycles. The fourth-order valence-corrected chi connectivity index (χ4v) is 0.273. The van der Waals surface area contributed by atoms with Crippen molar-refractivity contribution in [3.8, 4) is 6.19 Å². The van der Waals surface area contributed by atoms with Crippen LogP contribution >= 0.6 is 0 Å². The van der Waals surface area contributed by atoms with Gasteiger partial charge in [-0.3, -0.25) is 5.32 Å². The van der Waals surface area contributed by atoms with Gasteiger partial charge in [-0.25, -0.2) is 0 Å². The topological polar surface area (TPSA) is 45.0 Å². The van der Waals surface area contributed by atoms with Crippen molar-refractivity contribution < 1.29 is 4.74 Å². The highest BCUT2D eigenvalue weighted by molar-refractivity contribution is 4.86. The van der Waals surface area contributed by atoms with Crippen LogP contribution in [0, 0.1) is 11.5 Å². The highest BCUT2D eigenvalue weighted by Gasteiger charge is 1.84. The maximum atomic E-state index is 7.96. The molecule has 3 nitrogen and oxygen atoms in total. The Balaban J connectivity index is 3.23. The molecule has 0 rings (SSSR count). The molecule has 0 spiro atoms. The Bertz CT molecular complexity index is 114. The van der Waals surface area contributed by atoms with Crippen molar-refractivity contribution in [1.29, 1.82) is 5.26 Å². The number of nitrogens with one attached hydrogen (secondary N) is 1. The molecule has 0 saturated carbocycles. The summed E-state index contributed by atoms with van der Waals surface area (Å²) < 4.78 is 4.75. The van der Waals surface area contributed by atoms with Gasteiger partial charge in [-0.1, -0.05) is 0 Å². The van der Waals surface area contributed by atoms with Crippen molar-refractivity contribution in [2.24, 2.45) is 0 Å². The second-order valence-corrected chi connectivity index (χ2v) is 1.09. The van der Waals surface area contributed by atoms with E-state index in [2.05, 4.69) is 11.9 Å². The molecule has 0 aromatic heterocycles. The Kier molecular flexibility index (Phi) is 3.42. The number of hydrogen-bond acceptors (Lipinski definition) is 3.